The largest absolute Gasteiger partial charge is 0.301 e. The third-order valence-corrected chi connectivity index (χ3v) is 5.35. The van der Waals surface area contributed by atoms with E-state index in [1.165, 1.54) is 28.0 Å². The molecule has 0 saturated carbocycles. The maximum absolute atomic E-state index is 12.7. The zero-order valence-corrected chi connectivity index (χ0v) is 16.5. The second-order valence-electron chi connectivity index (χ2n) is 6.67. The Labute approximate surface area is 159 Å². The van der Waals surface area contributed by atoms with Crippen LogP contribution in [0.2, 0.25) is 0 Å². The molecule has 2 aromatic carbocycles. The quantitative estimate of drug-likeness (QED) is 0.615. The molecule has 0 radical (unpaired) electrons. The number of anilines is 1. The minimum atomic E-state index is -0.161. The zero-order valence-electron chi connectivity index (χ0n) is 15.7. The molecule has 0 aliphatic carbocycles. The van der Waals surface area contributed by atoms with Crippen LogP contribution in [0.4, 0.5) is 5.13 Å². The Morgan fingerprint density at radius 1 is 1.12 bits per heavy atom. The number of amides is 1. The second kappa shape index (κ2) is 7.83. The van der Waals surface area contributed by atoms with Crippen molar-refractivity contribution in [2.45, 2.75) is 40.0 Å². The molecule has 1 amide bonds. The number of rotatable bonds is 5. The van der Waals surface area contributed by atoms with E-state index in [0.29, 0.717) is 5.13 Å². The smallest absolute Gasteiger partial charge is 0.233 e. The van der Waals surface area contributed by atoms with Crippen molar-refractivity contribution in [1.29, 1.82) is 0 Å². The molecule has 0 aliphatic heterocycles. The number of aromatic nitrogens is 1. The van der Waals surface area contributed by atoms with Gasteiger partial charge < -0.3 is 5.32 Å². The first-order valence-corrected chi connectivity index (χ1v) is 9.77. The monoisotopic (exact) mass is 364 g/mol. The number of carbonyl (C=O) groups is 1. The van der Waals surface area contributed by atoms with E-state index in [9.17, 15) is 4.79 Å². The second-order valence-corrected chi connectivity index (χ2v) is 7.53. The van der Waals surface area contributed by atoms with Crippen molar-refractivity contribution in [1.82, 2.24) is 4.98 Å². The van der Waals surface area contributed by atoms with Gasteiger partial charge in [0.1, 0.15) is 0 Å². The van der Waals surface area contributed by atoms with Crippen LogP contribution >= 0.6 is 11.3 Å². The highest BCUT2D eigenvalue weighted by Gasteiger charge is 2.20. The predicted molar refractivity (Wildman–Crippen MR) is 110 cm³/mol. The van der Waals surface area contributed by atoms with E-state index < -0.39 is 0 Å². The summed E-state index contributed by atoms with van der Waals surface area (Å²) in [5.74, 6) is -0.164. The molecule has 26 heavy (non-hydrogen) atoms. The van der Waals surface area contributed by atoms with Crippen molar-refractivity contribution >= 4 is 22.4 Å². The Hall–Kier alpha value is -2.46. The Morgan fingerprint density at radius 3 is 2.38 bits per heavy atom. The molecular formula is C22H24N2OS. The van der Waals surface area contributed by atoms with E-state index in [0.717, 1.165) is 23.2 Å². The molecule has 0 bridgehead atoms. The number of hydrogen-bond acceptors (Lipinski definition) is 3. The average Bonchev–Trinajstić information content (AvgIpc) is 3.03. The topological polar surface area (TPSA) is 42.0 Å². The highest BCUT2D eigenvalue weighted by Crippen LogP contribution is 2.31. The summed E-state index contributed by atoms with van der Waals surface area (Å²) < 4.78 is 0. The fourth-order valence-electron chi connectivity index (χ4n) is 3.48. The summed E-state index contributed by atoms with van der Waals surface area (Å²) in [6.45, 7) is 8.35. The van der Waals surface area contributed by atoms with Crippen LogP contribution in [0.3, 0.4) is 0 Å². The van der Waals surface area contributed by atoms with Crippen LogP contribution in [0.15, 0.2) is 47.8 Å². The van der Waals surface area contributed by atoms with Gasteiger partial charge in [0.2, 0.25) is 5.91 Å². The third-order valence-electron chi connectivity index (χ3n) is 4.59. The van der Waals surface area contributed by atoms with Gasteiger partial charge in [-0.25, -0.2) is 4.98 Å². The minimum Gasteiger partial charge on any atom is -0.301 e. The lowest BCUT2D eigenvalue weighted by atomic mass is 9.96. The number of benzene rings is 2. The van der Waals surface area contributed by atoms with Crippen LogP contribution in [0.25, 0.3) is 11.3 Å². The molecule has 1 aromatic heterocycles. The van der Waals surface area contributed by atoms with Crippen LogP contribution in [-0.2, 0) is 4.79 Å². The standard InChI is InChI=1S/C22H24N2OS/c1-5-18(17-9-7-6-8-10-17)21(25)24-22-23-19(13-26-22)20-15(3)11-14(2)12-16(20)4/h6-13,18H,5H2,1-4H3,(H,23,24,25)/t18-/m0/s1. The van der Waals surface area contributed by atoms with Gasteiger partial charge in [0, 0.05) is 10.9 Å². The molecule has 0 unspecified atom stereocenters. The number of nitrogens with one attached hydrogen (secondary N) is 1. The van der Waals surface area contributed by atoms with Gasteiger partial charge in [-0.3, -0.25) is 4.79 Å². The minimum absolute atomic E-state index is 0.00282. The molecule has 1 heterocycles. The summed E-state index contributed by atoms with van der Waals surface area (Å²) in [7, 11) is 0. The number of carbonyl (C=O) groups excluding carboxylic acids is 1. The van der Waals surface area contributed by atoms with E-state index in [-0.39, 0.29) is 11.8 Å². The molecule has 0 spiro atoms. The maximum atomic E-state index is 12.7. The van der Waals surface area contributed by atoms with Crippen molar-refractivity contribution in [2.24, 2.45) is 0 Å². The lowest BCUT2D eigenvalue weighted by Gasteiger charge is -2.14. The number of aryl methyl sites for hydroxylation is 3. The first-order chi connectivity index (χ1) is 12.5. The molecule has 4 heteroatoms. The van der Waals surface area contributed by atoms with Gasteiger partial charge in [0.05, 0.1) is 11.6 Å². The summed E-state index contributed by atoms with van der Waals surface area (Å²) in [5, 5.41) is 5.67. The summed E-state index contributed by atoms with van der Waals surface area (Å²) in [6, 6.07) is 14.2. The molecule has 134 valence electrons. The fraction of sp³-hybridized carbons (Fsp3) is 0.273. The van der Waals surface area contributed by atoms with Crippen LogP contribution < -0.4 is 5.32 Å². The molecule has 3 nitrogen and oxygen atoms in total. The highest BCUT2D eigenvalue weighted by molar-refractivity contribution is 7.14. The fourth-order valence-corrected chi connectivity index (χ4v) is 4.18. The zero-order chi connectivity index (χ0) is 18.7. The summed E-state index contributed by atoms with van der Waals surface area (Å²) >= 11 is 1.47. The first-order valence-electron chi connectivity index (χ1n) is 8.89. The van der Waals surface area contributed by atoms with Crippen molar-refractivity contribution in [3.8, 4) is 11.3 Å². The van der Waals surface area contributed by atoms with E-state index in [1.807, 2.05) is 42.6 Å². The maximum Gasteiger partial charge on any atom is 0.233 e. The Kier molecular flexibility index (Phi) is 5.52. The number of thiazole rings is 1. The summed E-state index contributed by atoms with van der Waals surface area (Å²) in [4.78, 5) is 17.4. The van der Waals surface area contributed by atoms with Gasteiger partial charge in [0.25, 0.3) is 0 Å². The van der Waals surface area contributed by atoms with Gasteiger partial charge in [-0.2, -0.15) is 0 Å². The predicted octanol–water partition coefficient (Wildman–Crippen LogP) is 5.87. The van der Waals surface area contributed by atoms with Crippen LogP contribution in [0, 0.1) is 20.8 Å². The van der Waals surface area contributed by atoms with E-state index in [1.54, 1.807) is 0 Å². The van der Waals surface area contributed by atoms with Gasteiger partial charge >= 0.3 is 0 Å². The molecule has 1 N–H and O–H groups in total. The van der Waals surface area contributed by atoms with Crippen molar-refractivity contribution in [3.63, 3.8) is 0 Å². The number of hydrogen-bond donors (Lipinski definition) is 1. The van der Waals surface area contributed by atoms with E-state index in [4.69, 9.17) is 0 Å². The highest BCUT2D eigenvalue weighted by atomic mass is 32.1. The SMILES string of the molecule is CC[C@H](C(=O)Nc1nc(-c2c(C)cc(C)cc2C)cs1)c1ccccc1. The van der Waals surface area contributed by atoms with Gasteiger partial charge in [-0.05, 0) is 43.9 Å². The van der Waals surface area contributed by atoms with Gasteiger partial charge in [-0.15, -0.1) is 11.3 Å². The lowest BCUT2D eigenvalue weighted by Crippen LogP contribution is -2.20. The van der Waals surface area contributed by atoms with Crippen LogP contribution in [0.5, 0.6) is 0 Å². The molecule has 3 rings (SSSR count). The third kappa shape index (κ3) is 3.86. The molecular weight excluding hydrogens is 340 g/mol. The molecule has 0 aliphatic rings. The van der Waals surface area contributed by atoms with E-state index in [2.05, 4.69) is 43.2 Å². The molecule has 0 fully saturated rings. The van der Waals surface area contributed by atoms with Gasteiger partial charge in [-0.1, -0.05) is 55.0 Å². The van der Waals surface area contributed by atoms with Crippen molar-refractivity contribution in [2.75, 3.05) is 5.32 Å². The Bertz CT molecular complexity index is 892. The summed E-state index contributed by atoms with van der Waals surface area (Å²) in [6.07, 6.45) is 0.754. The first kappa shape index (κ1) is 18.3. The average molecular weight is 365 g/mol. The normalized spacial score (nSPS) is 12.0. The van der Waals surface area contributed by atoms with Crippen LogP contribution in [-0.4, -0.2) is 10.9 Å². The Morgan fingerprint density at radius 2 is 1.77 bits per heavy atom. The lowest BCUT2D eigenvalue weighted by molar-refractivity contribution is -0.117. The molecule has 0 saturated heterocycles. The van der Waals surface area contributed by atoms with Crippen LogP contribution in [0.1, 0.15) is 41.5 Å². The number of nitrogens with zero attached hydrogens (tertiary/aromatic N) is 1. The van der Waals surface area contributed by atoms with Crippen molar-refractivity contribution in [3.05, 3.63) is 70.1 Å². The molecule has 3 aromatic rings. The van der Waals surface area contributed by atoms with E-state index >= 15 is 0 Å². The Balaban J connectivity index is 1.82. The molecule has 1 atom stereocenters. The van der Waals surface area contributed by atoms with Crippen molar-refractivity contribution < 1.29 is 4.79 Å². The summed E-state index contributed by atoms with van der Waals surface area (Å²) in [5.41, 5.74) is 6.79. The van der Waals surface area contributed by atoms with Gasteiger partial charge in [0.15, 0.2) is 5.13 Å².